The van der Waals surface area contributed by atoms with E-state index in [1.54, 1.807) is 0 Å². The third-order valence-corrected chi connectivity index (χ3v) is 2.51. The highest BCUT2D eigenvalue weighted by Gasteiger charge is 2.11. The first-order valence-electron chi connectivity index (χ1n) is 4.90. The minimum absolute atomic E-state index is 0.613. The molecule has 0 fully saturated rings. The molecule has 4 heteroatoms. The van der Waals surface area contributed by atoms with E-state index in [0.717, 1.165) is 18.6 Å². The molecule has 2 amide bonds. The van der Waals surface area contributed by atoms with Gasteiger partial charge in [0.05, 0.1) is 5.71 Å². The number of allylic oxidation sites excluding steroid dienone is 2. The molecule has 3 N–H and O–H groups in total. The van der Waals surface area contributed by atoms with Gasteiger partial charge in [-0.2, -0.15) is 5.10 Å². The Morgan fingerprint density at radius 2 is 2.07 bits per heavy atom. The lowest BCUT2D eigenvalue weighted by atomic mass is 9.90. The van der Waals surface area contributed by atoms with Crippen LogP contribution in [0.1, 0.15) is 39.5 Å². The maximum atomic E-state index is 10.5. The van der Waals surface area contributed by atoms with E-state index >= 15 is 0 Å². The number of hydrogen-bond donors (Lipinski definition) is 2. The minimum Gasteiger partial charge on any atom is -0.350 e. The molecule has 0 radical (unpaired) electrons. The third kappa shape index (κ3) is 2.87. The molecular formula is C10H17N3O. The second-order valence-corrected chi connectivity index (χ2v) is 3.64. The van der Waals surface area contributed by atoms with Crippen molar-refractivity contribution in [1.29, 1.82) is 0 Å². The predicted molar refractivity (Wildman–Crippen MR) is 57.0 cm³/mol. The molecule has 0 aromatic heterocycles. The molecule has 1 rings (SSSR count). The van der Waals surface area contributed by atoms with E-state index in [2.05, 4.69) is 17.5 Å². The highest BCUT2D eigenvalue weighted by Crippen LogP contribution is 2.24. The van der Waals surface area contributed by atoms with E-state index in [9.17, 15) is 4.79 Å². The lowest BCUT2D eigenvalue weighted by molar-refractivity contribution is 0.249. The number of carbonyl (C=O) groups is 1. The van der Waals surface area contributed by atoms with Crippen LogP contribution in [0.3, 0.4) is 0 Å². The molecule has 0 unspecified atom stereocenters. The smallest absolute Gasteiger partial charge is 0.332 e. The molecule has 0 saturated carbocycles. The zero-order valence-corrected chi connectivity index (χ0v) is 8.76. The zero-order valence-electron chi connectivity index (χ0n) is 8.76. The summed E-state index contributed by atoms with van der Waals surface area (Å²) in [5.74, 6) is 0. The van der Waals surface area contributed by atoms with Gasteiger partial charge in [0.2, 0.25) is 0 Å². The van der Waals surface area contributed by atoms with E-state index < -0.39 is 6.03 Å². The Morgan fingerprint density at radius 1 is 1.43 bits per heavy atom. The Morgan fingerprint density at radius 3 is 2.64 bits per heavy atom. The standard InChI is InChI=1S/C10H17N3O/c1-7-5-3-4-6-9(7)8(2)12-13-10(11)14/h3-6H2,1-2H3,(H3,11,13,14)/b12-8+. The highest BCUT2D eigenvalue weighted by atomic mass is 16.2. The quantitative estimate of drug-likeness (QED) is 0.513. The maximum absolute atomic E-state index is 10.5. The summed E-state index contributed by atoms with van der Waals surface area (Å²) < 4.78 is 0. The van der Waals surface area contributed by atoms with Crippen LogP contribution in [-0.2, 0) is 0 Å². The Labute approximate surface area is 84.2 Å². The summed E-state index contributed by atoms with van der Waals surface area (Å²) in [6.45, 7) is 4.03. The first kappa shape index (κ1) is 10.8. The second-order valence-electron chi connectivity index (χ2n) is 3.64. The predicted octanol–water partition coefficient (Wildman–Crippen LogP) is 1.92. The molecule has 0 bridgehead atoms. The van der Waals surface area contributed by atoms with Crippen LogP contribution in [0.15, 0.2) is 16.2 Å². The van der Waals surface area contributed by atoms with Gasteiger partial charge in [-0.25, -0.2) is 10.2 Å². The van der Waals surface area contributed by atoms with Crippen molar-refractivity contribution < 1.29 is 4.79 Å². The van der Waals surface area contributed by atoms with Gasteiger partial charge in [0.1, 0.15) is 0 Å². The molecule has 1 aliphatic rings. The normalized spacial score (nSPS) is 18.3. The molecular weight excluding hydrogens is 178 g/mol. The van der Waals surface area contributed by atoms with Crippen LogP contribution < -0.4 is 11.2 Å². The number of urea groups is 1. The molecule has 4 nitrogen and oxygen atoms in total. The van der Waals surface area contributed by atoms with E-state index in [1.165, 1.54) is 24.0 Å². The number of amides is 2. The van der Waals surface area contributed by atoms with Gasteiger partial charge in [-0.15, -0.1) is 0 Å². The Bertz CT molecular complexity index is 292. The van der Waals surface area contributed by atoms with Gasteiger partial charge in [0.25, 0.3) is 0 Å². The molecule has 78 valence electrons. The van der Waals surface area contributed by atoms with Crippen molar-refractivity contribution in [2.75, 3.05) is 0 Å². The van der Waals surface area contributed by atoms with Crippen molar-refractivity contribution >= 4 is 11.7 Å². The average Bonchev–Trinajstić information content (AvgIpc) is 2.15. The number of nitrogens with one attached hydrogen (secondary N) is 1. The summed E-state index contributed by atoms with van der Waals surface area (Å²) in [5.41, 5.74) is 10.7. The second kappa shape index (κ2) is 4.79. The molecule has 0 aromatic rings. The van der Waals surface area contributed by atoms with Crippen molar-refractivity contribution in [2.24, 2.45) is 10.8 Å². The number of rotatable bonds is 2. The monoisotopic (exact) mass is 195 g/mol. The van der Waals surface area contributed by atoms with Crippen LogP contribution in [0.25, 0.3) is 0 Å². The molecule has 14 heavy (non-hydrogen) atoms. The van der Waals surface area contributed by atoms with Gasteiger partial charge in [-0.1, -0.05) is 5.57 Å². The number of hydrazone groups is 1. The van der Waals surface area contributed by atoms with Crippen molar-refractivity contribution in [2.45, 2.75) is 39.5 Å². The fourth-order valence-corrected chi connectivity index (χ4v) is 1.75. The van der Waals surface area contributed by atoms with Gasteiger partial charge in [-0.05, 0) is 45.1 Å². The number of primary amides is 1. The fraction of sp³-hybridized carbons (Fsp3) is 0.600. The van der Waals surface area contributed by atoms with Crippen molar-refractivity contribution in [3.8, 4) is 0 Å². The highest BCUT2D eigenvalue weighted by molar-refractivity contribution is 5.99. The van der Waals surface area contributed by atoms with Crippen molar-refractivity contribution in [3.63, 3.8) is 0 Å². The Hall–Kier alpha value is -1.32. The number of hydrogen-bond acceptors (Lipinski definition) is 2. The minimum atomic E-state index is -0.613. The van der Waals surface area contributed by atoms with Gasteiger partial charge in [0.15, 0.2) is 0 Å². The SMILES string of the molecule is CC1=C(/C(C)=N/NC(N)=O)CCCC1. The largest absolute Gasteiger partial charge is 0.350 e. The van der Waals surface area contributed by atoms with Gasteiger partial charge >= 0.3 is 6.03 Å². The van der Waals surface area contributed by atoms with Crippen LogP contribution in [0.2, 0.25) is 0 Å². The molecule has 0 aliphatic heterocycles. The number of carbonyl (C=O) groups excluding carboxylic acids is 1. The van der Waals surface area contributed by atoms with Crippen LogP contribution in [0, 0.1) is 0 Å². The first-order valence-corrected chi connectivity index (χ1v) is 4.90. The van der Waals surface area contributed by atoms with E-state index in [4.69, 9.17) is 5.73 Å². The zero-order chi connectivity index (χ0) is 10.6. The van der Waals surface area contributed by atoms with Crippen LogP contribution in [-0.4, -0.2) is 11.7 Å². The molecule has 0 heterocycles. The number of nitrogens with zero attached hydrogens (tertiary/aromatic N) is 1. The molecule has 0 aromatic carbocycles. The van der Waals surface area contributed by atoms with Crippen LogP contribution in [0.5, 0.6) is 0 Å². The van der Waals surface area contributed by atoms with E-state index in [0.29, 0.717) is 0 Å². The topological polar surface area (TPSA) is 67.5 Å². The van der Waals surface area contributed by atoms with Crippen LogP contribution >= 0.6 is 0 Å². The van der Waals surface area contributed by atoms with Gasteiger partial charge in [0, 0.05) is 0 Å². The third-order valence-electron chi connectivity index (χ3n) is 2.51. The summed E-state index contributed by atoms with van der Waals surface area (Å²) in [6, 6.07) is -0.613. The summed E-state index contributed by atoms with van der Waals surface area (Å²) in [5, 5.41) is 3.93. The summed E-state index contributed by atoms with van der Waals surface area (Å²) in [7, 11) is 0. The molecule has 0 saturated heterocycles. The molecule has 1 aliphatic carbocycles. The van der Waals surface area contributed by atoms with Crippen molar-refractivity contribution in [3.05, 3.63) is 11.1 Å². The first-order chi connectivity index (χ1) is 6.61. The lowest BCUT2D eigenvalue weighted by Gasteiger charge is -2.17. The molecule has 0 atom stereocenters. The maximum Gasteiger partial charge on any atom is 0.332 e. The Balaban J connectivity index is 2.71. The van der Waals surface area contributed by atoms with E-state index in [1.807, 2.05) is 6.92 Å². The lowest BCUT2D eigenvalue weighted by Crippen LogP contribution is -2.26. The van der Waals surface area contributed by atoms with Crippen molar-refractivity contribution in [1.82, 2.24) is 5.43 Å². The summed E-state index contributed by atoms with van der Waals surface area (Å²) in [6.07, 6.45) is 4.66. The van der Waals surface area contributed by atoms with Gasteiger partial charge in [-0.3, -0.25) is 0 Å². The molecule has 0 spiro atoms. The van der Waals surface area contributed by atoms with E-state index in [-0.39, 0.29) is 0 Å². The van der Waals surface area contributed by atoms with Crippen LogP contribution in [0.4, 0.5) is 4.79 Å². The average molecular weight is 195 g/mol. The van der Waals surface area contributed by atoms with Gasteiger partial charge < -0.3 is 5.73 Å². The number of nitrogens with two attached hydrogens (primary N) is 1. The fourth-order valence-electron chi connectivity index (χ4n) is 1.75. The Kier molecular flexibility index (Phi) is 3.68. The summed E-state index contributed by atoms with van der Waals surface area (Å²) in [4.78, 5) is 10.5. The summed E-state index contributed by atoms with van der Waals surface area (Å²) >= 11 is 0.